The molecule has 21 heavy (non-hydrogen) atoms. The molecular weight excluding hydrogens is 262 g/mol. The monoisotopic (exact) mass is 281 g/mol. The molecule has 3 rings (SSSR count). The highest BCUT2D eigenvalue weighted by atomic mass is 16.2. The molecule has 4 heteroatoms. The van der Waals surface area contributed by atoms with Gasteiger partial charge in [-0.05, 0) is 56.5 Å². The maximum atomic E-state index is 12.6. The van der Waals surface area contributed by atoms with Gasteiger partial charge in [-0.1, -0.05) is 12.1 Å². The minimum Gasteiger partial charge on any atom is -0.307 e. The number of anilines is 1. The molecule has 1 aliphatic carbocycles. The Labute approximate surface area is 124 Å². The van der Waals surface area contributed by atoms with E-state index in [4.69, 9.17) is 0 Å². The van der Waals surface area contributed by atoms with Crippen LogP contribution in [0, 0.1) is 6.92 Å². The van der Waals surface area contributed by atoms with Crippen LogP contribution in [0.25, 0.3) is 0 Å². The molecule has 1 saturated carbocycles. The molecule has 0 spiro atoms. The van der Waals surface area contributed by atoms with Crippen LogP contribution in [0.4, 0.5) is 5.69 Å². The fraction of sp³-hybridized carbons (Fsp3) is 0.353. The van der Waals surface area contributed by atoms with Crippen LogP contribution >= 0.6 is 0 Å². The highest BCUT2D eigenvalue weighted by Gasteiger charge is 2.26. The Hall–Kier alpha value is -2.23. The molecule has 1 aromatic carbocycles. The van der Waals surface area contributed by atoms with Gasteiger partial charge in [0.05, 0.1) is 5.69 Å². The van der Waals surface area contributed by atoms with Crippen molar-refractivity contribution in [3.05, 3.63) is 53.3 Å². The summed E-state index contributed by atoms with van der Waals surface area (Å²) in [5.74, 6) is 0.457. The van der Waals surface area contributed by atoms with Crippen molar-refractivity contribution in [2.24, 2.45) is 0 Å². The minimum absolute atomic E-state index is 0.0991. The summed E-state index contributed by atoms with van der Waals surface area (Å²) in [4.78, 5) is 14.3. The van der Waals surface area contributed by atoms with E-state index in [1.807, 2.05) is 44.2 Å². The number of carbonyl (C=O) groups excluding carboxylic acids is 1. The molecule has 1 aliphatic rings. The number of benzene rings is 1. The van der Waals surface area contributed by atoms with Crippen LogP contribution in [0.3, 0.4) is 0 Å². The lowest BCUT2D eigenvalue weighted by Crippen LogP contribution is -2.31. The van der Waals surface area contributed by atoms with Gasteiger partial charge < -0.3 is 4.90 Å². The van der Waals surface area contributed by atoms with E-state index in [9.17, 15) is 4.79 Å². The smallest absolute Gasteiger partial charge is 0.278 e. The molecule has 0 radical (unpaired) electrons. The van der Waals surface area contributed by atoms with Gasteiger partial charge in [0.15, 0.2) is 5.69 Å². The number of aryl methyl sites for hydroxylation is 1. The summed E-state index contributed by atoms with van der Waals surface area (Å²) in [5.41, 5.74) is 3.44. The van der Waals surface area contributed by atoms with Gasteiger partial charge in [0, 0.05) is 18.2 Å². The molecule has 1 amide bonds. The quantitative estimate of drug-likeness (QED) is 0.863. The van der Waals surface area contributed by atoms with E-state index in [2.05, 4.69) is 10.2 Å². The fourth-order valence-corrected chi connectivity index (χ4v) is 2.43. The summed E-state index contributed by atoms with van der Waals surface area (Å²) in [6, 6.07) is 11.7. The Morgan fingerprint density at radius 3 is 2.62 bits per heavy atom. The standard InChI is InChI=1S/C17H19N3O/c1-3-20(14-6-4-5-12(2)11-14)17(21)16-10-9-15(18-19-16)13-7-8-13/h4-6,9-11,13H,3,7-8H2,1-2H3. The van der Waals surface area contributed by atoms with Gasteiger partial charge in [0.1, 0.15) is 0 Å². The highest BCUT2D eigenvalue weighted by molar-refractivity contribution is 6.04. The first-order valence-corrected chi connectivity index (χ1v) is 7.41. The van der Waals surface area contributed by atoms with Crippen molar-refractivity contribution in [3.63, 3.8) is 0 Å². The van der Waals surface area contributed by atoms with E-state index in [1.165, 1.54) is 12.8 Å². The third-order valence-corrected chi connectivity index (χ3v) is 3.77. The third-order valence-electron chi connectivity index (χ3n) is 3.77. The number of nitrogens with zero attached hydrogens (tertiary/aromatic N) is 3. The lowest BCUT2D eigenvalue weighted by molar-refractivity contribution is 0.0982. The summed E-state index contributed by atoms with van der Waals surface area (Å²) in [6.07, 6.45) is 2.37. The Balaban J connectivity index is 1.84. The zero-order valence-electron chi connectivity index (χ0n) is 12.4. The molecule has 1 heterocycles. The van der Waals surface area contributed by atoms with Crippen molar-refractivity contribution in [2.75, 3.05) is 11.4 Å². The van der Waals surface area contributed by atoms with E-state index < -0.39 is 0 Å². The molecule has 0 aliphatic heterocycles. The predicted molar refractivity (Wildman–Crippen MR) is 82.5 cm³/mol. The number of hydrogen-bond donors (Lipinski definition) is 0. The first-order valence-electron chi connectivity index (χ1n) is 7.41. The van der Waals surface area contributed by atoms with Crippen molar-refractivity contribution in [1.29, 1.82) is 0 Å². The van der Waals surface area contributed by atoms with Crippen LogP contribution in [-0.4, -0.2) is 22.6 Å². The normalized spacial score (nSPS) is 14.0. The molecule has 1 aromatic heterocycles. The van der Waals surface area contributed by atoms with Crippen molar-refractivity contribution in [2.45, 2.75) is 32.6 Å². The zero-order valence-corrected chi connectivity index (χ0v) is 12.4. The van der Waals surface area contributed by atoms with Crippen LogP contribution < -0.4 is 4.90 Å². The zero-order chi connectivity index (χ0) is 14.8. The van der Waals surface area contributed by atoms with Gasteiger partial charge in [-0.3, -0.25) is 4.79 Å². The number of amides is 1. The molecule has 0 saturated heterocycles. The second kappa shape index (κ2) is 5.64. The lowest BCUT2D eigenvalue weighted by Gasteiger charge is -2.20. The highest BCUT2D eigenvalue weighted by Crippen LogP contribution is 2.38. The van der Waals surface area contributed by atoms with Gasteiger partial charge in [-0.2, -0.15) is 5.10 Å². The summed E-state index contributed by atoms with van der Waals surface area (Å²) in [6.45, 7) is 4.59. The van der Waals surface area contributed by atoms with Crippen LogP contribution in [0.15, 0.2) is 36.4 Å². The van der Waals surface area contributed by atoms with E-state index >= 15 is 0 Å². The van der Waals surface area contributed by atoms with Gasteiger partial charge in [-0.25, -0.2) is 0 Å². The first-order chi connectivity index (χ1) is 10.2. The largest absolute Gasteiger partial charge is 0.307 e. The maximum absolute atomic E-state index is 12.6. The second-order valence-corrected chi connectivity index (χ2v) is 5.51. The van der Waals surface area contributed by atoms with Crippen molar-refractivity contribution in [3.8, 4) is 0 Å². The Morgan fingerprint density at radius 2 is 2.05 bits per heavy atom. The summed E-state index contributed by atoms with van der Waals surface area (Å²) < 4.78 is 0. The molecule has 0 unspecified atom stereocenters. The average molecular weight is 281 g/mol. The number of carbonyl (C=O) groups is 1. The number of aromatic nitrogens is 2. The second-order valence-electron chi connectivity index (χ2n) is 5.51. The first kappa shape index (κ1) is 13.7. The molecule has 0 atom stereocenters. The number of hydrogen-bond acceptors (Lipinski definition) is 3. The van der Waals surface area contributed by atoms with E-state index in [-0.39, 0.29) is 5.91 Å². The Kier molecular flexibility index (Phi) is 3.69. The topological polar surface area (TPSA) is 46.1 Å². The Morgan fingerprint density at radius 1 is 1.24 bits per heavy atom. The van der Waals surface area contributed by atoms with E-state index in [0.29, 0.717) is 18.2 Å². The van der Waals surface area contributed by atoms with Crippen molar-refractivity contribution < 1.29 is 4.79 Å². The molecule has 4 nitrogen and oxygen atoms in total. The molecular formula is C17H19N3O. The predicted octanol–water partition coefficient (Wildman–Crippen LogP) is 3.33. The van der Waals surface area contributed by atoms with Gasteiger partial charge >= 0.3 is 0 Å². The van der Waals surface area contributed by atoms with E-state index in [1.54, 1.807) is 11.0 Å². The third kappa shape index (κ3) is 2.94. The van der Waals surface area contributed by atoms with Crippen LogP contribution in [0.5, 0.6) is 0 Å². The summed E-state index contributed by atoms with van der Waals surface area (Å²) in [5, 5.41) is 8.31. The number of rotatable bonds is 4. The van der Waals surface area contributed by atoms with Crippen molar-refractivity contribution in [1.82, 2.24) is 10.2 Å². The maximum Gasteiger partial charge on any atom is 0.278 e. The van der Waals surface area contributed by atoms with Crippen LogP contribution in [-0.2, 0) is 0 Å². The van der Waals surface area contributed by atoms with Gasteiger partial charge in [-0.15, -0.1) is 5.10 Å². The van der Waals surface area contributed by atoms with Crippen molar-refractivity contribution >= 4 is 11.6 Å². The van der Waals surface area contributed by atoms with Gasteiger partial charge in [0.2, 0.25) is 0 Å². The fourth-order valence-electron chi connectivity index (χ4n) is 2.43. The summed E-state index contributed by atoms with van der Waals surface area (Å²) in [7, 11) is 0. The SMILES string of the molecule is CCN(C(=O)c1ccc(C2CC2)nn1)c1cccc(C)c1. The Bertz CT molecular complexity index is 647. The van der Waals surface area contributed by atoms with Gasteiger partial charge in [0.25, 0.3) is 5.91 Å². The molecule has 108 valence electrons. The molecule has 0 N–H and O–H groups in total. The minimum atomic E-state index is -0.0991. The molecule has 0 bridgehead atoms. The van der Waals surface area contributed by atoms with Crippen LogP contribution in [0.1, 0.15) is 47.4 Å². The summed E-state index contributed by atoms with van der Waals surface area (Å²) >= 11 is 0. The average Bonchev–Trinajstić information content (AvgIpc) is 3.33. The molecule has 2 aromatic rings. The lowest BCUT2D eigenvalue weighted by atomic mass is 10.2. The van der Waals surface area contributed by atoms with E-state index in [0.717, 1.165) is 16.9 Å². The van der Waals surface area contributed by atoms with Crippen LogP contribution in [0.2, 0.25) is 0 Å². The molecule has 1 fully saturated rings.